The van der Waals surface area contributed by atoms with Crippen molar-refractivity contribution < 1.29 is 27.4 Å². The fourth-order valence-corrected chi connectivity index (χ4v) is 3.82. The number of hydrogen-bond donors (Lipinski definition) is 1. The van der Waals surface area contributed by atoms with Crippen LogP contribution in [0.2, 0.25) is 0 Å². The van der Waals surface area contributed by atoms with Crippen LogP contribution in [0.5, 0.6) is 5.88 Å². The van der Waals surface area contributed by atoms with Crippen LogP contribution in [-0.4, -0.2) is 50.7 Å². The lowest BCUT2D eigenvalue weighted by Gasteiger charge is -2.39. The first-order valence-corrected chi connectivity index (χ1v) is 11.5. The van der Waals surface area contributed by atoms with Gasteiger partial charge in [-0.15, -0.1) is 0 Å². The third-order valence-electron chi connectivity index (χ3n) is 5.57. The molecule has 8 nitrogen and oxygen atoms in total. The van der Waals surface area contributed by atoms with E-state index in [1.807, 2.05) is 0 Å². The van der Waals surface area contributed by atoms with Gasteiger partial charge in [0.15, 0.2) is 0 Å². The topological polar surface area (TPSA) is 89.5 Å². The molecule has 1 aliphatic heterocycles. The largest absolute Gasteiger partial charge is 0.471 e. The van der Waals surface area contributed by atoms with Gasteiger partial charge in [-0.2, -0.15) is 0 Å². The normalized spacial score (nSPS) is 15.1. The van der Waals surface area contributed by atoms with E-state index in [-0.39, 0.29) is 11.7 Å². The second-order valence-electron chi connectivity index (χ2n) is 9.70. The van der Waals surface area contributed by atoms with Crippen molar-refractivity contribution in [2.24, 2.45) is 0 Å². The average Bonchev–Trinajstić information content (AvgIpc) is 2.74. The lowest BCUT2D eigenvalue weighted by atomic mass is 10.0. The number of aromatic nitrogens is 3. The van der Waals surface area contributed by atoms with Crippen molar-refractivity contribution in [1.82, 2.24) is 19.9 Å². The molecular formula is C25H28F3N5O3. The van der Waals surface area contributed by atoms with Crippen molar-refractivity contribution in [2.45, 2.75) is 58.8 Å². The average molecular weight is 504 g/mol. The molecule has 1 N–H and O–H groups in total. The highest BCUT2D eigenvalue weighted by atomic mass is 19.3. The Morgan fingerprint density at radius 2 is 1.89 bits per heavy atom. The third-order valence-corrected chi connectivity index (χ3v) is 5.57. The van der Waals surface area contributed by atoms with Gasteiger partial charge in [0.05, 0.1) is 36.4 Å². The van der Waals surface area contributed by atoms with Crippen molar-refractivity contribution in [3.05, 3.63) is 53.2 Å². The summed E-state index contributed by atoms with van der Waals surface area (Å²) in [6.45, 7) is 9.50. The van der Waals surface area contributed by atoms with Crippen molar-refractivity contribution >= 4 is 22.8 Å². The first-order valence-electron chi connectivity index (χ1n) is 11.5. The predicted molar refractivity (Wildman–Crippen MR) is 128 cm³/mol. The van der Waals surface area contributed by atoms with E-state index in [0.29, 0.717) is 41.5 Å². The molecule has 0 saturated carbocycles. The number of alkyl halides is 2. The lowest BCUT2D eigenvalue weighted by Crippen LogP contribution is -2.57. The number of hydrogen-bond acceptors (Lipinski definition) is 7. The Kier molecular flexibility index (Phi) is 6.92. The summed E-state index contributed by atoms with van der Waals surface area (Å²) in [6, 6.07) is 4.92. The predicted octanol–water partition coefficient (Wildman–Crippen LogP) is 5.58. The van der Waals surface area contributed by atoms with Gasteiger partial charge in [-0.1, -0.05) is 18.2 Å². The number of likely N-dealkylation sites (tertiary alicyclic amines) is 1. The Bertz CT molecular complexity index is 1280. The van der Waals surface area contributed by atoms with Gasteiger partial charge in [-0.25, -0.2) is 32.9 Å². The number of anilines is 1. The number of amides is 1. The summed E-state index contributed by atoms with van der Waals surface area (Å²) in [6.07, 6.45) is -2.03. The van der Waals surface area contributed by atoms with Crippen LogP contribution >= 0.6 is 0 Å². The molecule has 0 aliphatic carbocycles. The van der Waals surface area contributed by atoms with Crippen molar-refractivity contribution in [3.8, 4) is 5.88 Å². The van der Waals surface area contributed by atoms with E-state index in [2.05, 4.69) is 20.3 Å². The van der Waals surface area contributed by atoms with Crippen LogP contribution in [0.15, 0.2) is 30.5 Å². The van der Waals surface area contributed by atoms with Crippen LogP contribution in [0.4, 0.5) is 23.8 Å². The minimum absolute atomic E-state index is 0.0967. The molecule has 1 aromatic carbocycles. The highest BCUT2D eigenvalue weighted by Gasteiger charge is 2.35. The first-order chi connectivity index (χ1) is 16.9. The Morgan fingerprint density at radius 3 is 2.56 bits per heavy atom. The van der Waals surface area contributed by atoms with Gasteiger partial charge in [-0.3, -0.25) is 0 Å². The highest BCUT2D eigenvalue weighted by Crippen LogP contribution is 2.31. The molecule has 36 heavy (non-hydrogen) atoms. The summed E-state index contributed by atoms with van der Waals surface area (Å²) in [4.78, 5) is 26.8. The molecule has 11 heteroatoms. The number of pyridine rings is 1. The summed E-state index contributed by atoms with van der Waals surface area (Å²) < 4.78 is 52.3. The maximum Gasteiger partial charge on any atom is 0.410 e. The molecule has 1 aliphatic rings. The Morgan fingerprint density at radius 1 is 1.19 bits per heavy atom. The number of nitrogens with zero attached hydrogens (tertiary/aromatic N) is 4. The van der Waals surface area contributed by atoms with E-state index in [0.717, 1.165) is 6.07 Å². The van der Waals surface area contributed by atoms with Crippen LogP contribution in [0.1, 0.15) is 57.1 Å². The molecule has 1 saturated heterocycles. The van der Waals surface area contributed by atoms with Gasteiger partial charge >= 0.3 is 6.09 Å². The molecule has 3 aromatic rings. The van der Waals surface area contributed by atoms with Crippen LogP contribution < -0.4 is 10.1 Å². The summed E-state index contributed by atoms with van der Waals surface area (Å²) >= 11 is 0. The number of halogens is 3. The van der Waals surface area contributed by atoms with Crippen molar-refractivity contribution in [2.75, 3.05) is 18.4 Å². The number of nitrogens with one attached hydrogen (secondary N) is 1. The molecule has 1 fully saturated rings. The summed E-state index contributed by atoms with van der Waals surface area (Å²) in [5, 5.41) is 3.69. The van der Waals surface area contributed by atoms with E-state index in [9.17, 15) is 18.0 Å². The molecule has 1 atom stereocenters. The van der Waals surface area contributed by atoms with Gasteiger partial charge in [0.25, 0.3) is 6.43 Å². The molecule has 192 valence electrons. The minimum Gasteiger partial charge on any atom is -0.471 e. The zero-order valence-electron chi connectivity index (χ0n) is 20.7. The van der Waals surface area contributed by atoms with Crippen molar-refractivity contribution in [1.29, 1.82) is 0 Å². The van der Waals surface area contributed by atoms with E-state index in [1.54, 1.807) is 45.6 Å². The van der Waals surface area contributed by atoms with E-state index >= 15 is 0 Å². The van der Waals surface area contributed by atoms with Crippen molar-refractivity contribution in [3.63, 3.8) is 0 Å². The maximum absolute atomic E-state index is 14.7. The van der Waals surface area contributed by atoms with Gasteiger partial charge in [0.2, 0.25) is 5.88 Å². The SMILES string of the molecule is Cc1nc(N[C@H](C)c2cccc(C(F)F)c2F)c2cc(OC3CN(C(=O)OC(C)(C)C)C3)ncc2n1. The third kappa shape index (κ3) is 5.60. The van der Waals surface area contributed by atoms with E-state index in [4.69, 9.17) is 9.47 Å². The van der Waals surface area contributed by atoms with E-state index in [1.165, 1.54) is 18.3 Å². The molecule has 0 spiro atoms. The number of fused-ring (bicyclic) bond motifs is 1. The number of ether oxygens (including phenoxy) is 2. The quantitative estimate of drug-likeness (QED) is 0.470. The number of rotatable bonds is 6. The van der Waals surface area contributed by atoms with Gasteiger partial charge in [0, 0.05) is 17.0 Å². The van der Waals surface area contributed by atoms with Gasteiger partial charge in [0.1, 0.15) is 29.2 Å². The Labute approximate surface area is 206 Å². The second kappa shape index (κ2) is 9.79. The summed E-state index contributed by atoms with van der Waals surface area (Å²) in [5.41, 5.74) is -0.592. The zero-order valence-corrected chi connectivity index (χ0v) is 20.7. The molecular weight excluding hydrogens is 475 g/mol. The zero-order chi connectivity index (χ0) is 26.2. The highest BCUT2D eigenvalue weighted by molar-refractivity contribution is 5.89. The fourth-order valence-electron chi connectivity index (χ4n) is 3.82. The molecule has 2 aromatic heterocycles. The molecule has 3 heterocycles. The standard InChI is InChI=1S/C25H28F3N5O3/c1-13(16-7-6-8-17(21(16)26)22(27)28)30-23-18-9-20(29-10-19(18)31-14(2)32-23)35-15-11-33(12-15)24(34)36-25(3,4)5/h6-10,13,15,22H,11-12H2,1-5H3,(H,30,31,32)/t13-/m1/s1. The second-order valence-corrected chi connectivity index (χ2v) is 9.70. The van der Waals surface area contributed by atoms with E-state index < -0.39 is 35.5 Å². The smallest absolute Gasteiger partial charge is 0.410 e. The molecule has 0 unspecified atom stereocenters. The van der Waals surface area contributed by atoms with Crippen LogP contribution in [0, 0.1) is 12.7 Å². The van der Waals surface area contributed by atoms with Crippen LogP contribution in [0.3, 0.4) is 0 Å². The molecule has 0 bridgehead atoms. The number of aryl methyl sites for hydroxylation is 1. The van der Waals surface area contributed by atoms with Crippen LogP contribution in [0.25, 0.3) is 10.9 Å². The lowest BCUT2D eigenvalue weighted by molar-refractivity contribution is -0.0231. The number of carbonyl (C=O) groups excluding carboxylic acids is 1. The van der Waals surface area contributed by atoms with Gasteiger partial charge in [-0.05, 0) is 34.6 Å². The van der Waals surface area contributed by atoms with Crippen LogP contribution in [-0.2, 0) is 4.74 Å². The van der Waals surface area contributed by atoms with Gasteiger partial charge < -0.3 is 19.7 Å². The summed E-state index contributed by atoms with van der Waals surface area (Å²) in [7, 11) is 0. The maximum atomic E-state index is 14.7. The Balaban J connectivity index is 1.51. The summed E-state index contributed by atoms with van der Waals surface area (Å²) in [5.74, 6) is 0.211. The molecule has 4 rings (SSSR count). The fraction of sp³-hybridized carbons (Fsp3) is 0.440. The molecule has 0 radical (unpaired) electrons. The first kappa shape index (κ1) is 25.5. The molecule has 1 amide bonds. The monoisotopic (exact) mass is 503 g/mol. The number of benzene rings is 1. The minimum atomic E-state index is -2.91. The Hall–Kier alpha value is -3.63. The number of carbonyl (C=O) groups is 1.